The van der Waals surface area contributed by atoms with Gasteiger partial charge in [-0.1, -0.05) is 28.9 Å². The number of halogens is 4. The summed E-state index contributed by atoms with van der Waals surface area (Å²) in [6, 6.07) is 9.11. The average Bonchev–Trinajstić information content (AvgIpc) is 3.32. The first-order chi connectivity index (χ1) is 12.9. The number of alkyl halides is 3. The molecule has 0 amide bonds. The van der Waals surface area contributed by atoms with Gasteiger partial charge in [0, 0.05) is 18.2 Å². The third-order valence-corrected chi connectivity index (χ3v) is 4.47. The Hall–Kier alpha value is -2.94. The van der Waals surface area contributed by atoms with E-state index >= 15 is 0 Å². The molecule has 0 bridgehead atoms. The largest absolute Gasteiger partial charge is 0.435 e. The molecule has 0 fully saturated rings. The predicted octanol–water partition coefficient (Wildman–Crippen LogP) is 3.90. The topological polar surface area (TPSA) is 65.2 Å². The van der Waals surface area contributed by atoms with Crippen molar-refractivity contribution < 1.29 is 18.0 Å². The number of oxime groups is 1. The van der Waals surface area contributed by atoms with E-state index in [0.717, 1.165) is 11.8 Å². The van der Waals surface area contributed by atoms with Gasteiger partial charge in [0.2, 0.25) is 0 Å². The highest BCUT2D eigenvalue weighted by Gasteiger charge is 2.62. The molecule has 0 aliphatic carbocycles. The Balaban J connectivity index is 1.65. The number of aromatic nitrogens is 4. The van der Waals surface area contributed by atoms with Gasteiger partial charge in [-0.05, 0) is 29.8 Å². The zero-order valence-corrected chi connectivity index (χ0v) is 14.3. The zero-order chi connectivity index (χ0) is 19.1. The lowest BCUT2D eigenvalue weighted by Gasteiger charge is -2.29. The Morgan fingerprint density at radius 2 is 1.93 bits per heavy atom. The monoisotopic (exact) mass is 393 g/mol. The Kier molecular flexibility index (Phi) is 4.11. The summed E-state index contributed by atoms with van der Waals surface area (Å²) < 4.78 is 43.2. The van der Waals surface area contributed by atoms with Crippen molar-refractivity contribution in [3.05, 3.63) is 71.5 Å². The van der Waals surface area contributed by atoms with Crippen molar-refractivity contribution in [2.75, 3.05) is 0 Å². The minimum atomic E-state index is -4.69. The summed E-state index contributed by atoms with van der Waals surface area (Å²) in [5.74, 6) is 0. The fourth-order valence-electron chi connectivity index (χ4n) is 2.86. The van der Waals surface area contributed by atoms with E-state index in [2.05, 4.69) is 20.2 Å². The minimum absolute atomic E-state index is 0.0506. The summed E-state index contributed by atoms with van der Waals surface area (Å²) >= 11 is 5.77. The highest BCUT2D eigenvalue weighted by Crippen LogP contribution is 2.48. The molecular formula is C17H11ClF3N5O. The van der Waals surface area contributed by atoms with E-state index < -0.39 is 18.2 Å². The lowest BCUT2D eigenvalue weighted by atomic mass is 9.87. The molecule has 0 spiro atoms. The van der Waals surface area contributed by atoms with Crippen molar-refractivity contribution in [3.8, 4) is 5.69 Å². The maximum Gasteiger partial charge on any atom is 0.435 e. The van der Waals surface area contributed by atoms with Gasteiger partial charge < -0.3 is 4.84 Å². The zero-order valence-electron chi connectivity index (χ0n) is 13.6. The van der Waals surface area contributed by atoms with E-state index in [9.17, 15) is 13.2 Å². The molecule has 27 heavy (non-hydrogen) atoms. The van der Waals surface area contributed by atoms with Gasteiger partial charge >= 0.3 is 6.18 Å². The Morgan fingerprint density at radius 3 is 2.56 bits per heavy atom. The molecule has 1 aromatic carbocycles. The number of benzene rings is 1. The van der Waals surface area contributed by atoms with Gasteiger partial charge in [-0.2, -0.15) is 18.3 Å². The van der Waals surface area contributed by atoms with Crippen molar-refractivity contribution in [2.45, 2.75) is 18.2 Å². The lowest BCUT2D eigenvalue weighted by molar-refractivity contribution is -0.275. The van der Waals surface area contributed by atoms with Crippen LogP contribution in [0, 0.1) is 0 Å². The van der Waals surface area contributed by atoms with Crippen molar-refractivity contribution in [3.63, 3.8) is 0 Å². The fraction of sp³-hybridized carbons (Fsp3) is 0.176. The van der Waals surface area contributed by atoms with Crippen LogP contribution in [-0.4, -0.2) is 31.6 Å². The lowest BCUT2D eigenvalue weighted by Crippen LogP contribution is -2.42. The van der Waals surface area contributed by atoms with Crippen molar-refractivity contribution >= 4 is 17.3 Å². The second-order valence-electron chi connectivity index (χ2n) is 5.88. The van der Waals surface area contributed by atoms with E-state index in [0.29, 0.717) is 5.56 Å². The van der Waals surface area contributed by atoms with Gasteiger partial charge in [0.25, 0.3) is 5.60 Å². The second kappa shape index (κ2) is 6.34. The van der Waals surface area contributed by atoms with Crippen LogP contribution in [-0.2, 0) is 10.4 Å². The van der Waals surface area contributed by atoms with Gasteiger partial charge in [-0.15, -0.1) is 0 Å². The smallest absolute Gasteiger partial charge is 0.374 e. The molecule has 0 saturated heterocycles. The molecule has 1 aliphatic rings. The molecule has 0 radical (unpaired) electrons. The number of pyridine rings is 1. The summed E-state index contributed by atoms with van der Waals surface area (Å²) in [7, 11) is 0. The third-order valence-electron chi connectivity index (χ3n) is 4.26. The first-order valence-electron chi connectivity index (χ1n) is 7.78. The second-order valence-corrected chi connectivity index (χ2v) is 6.27. The molecule has 0 N–H and O–H groups in total. The Bertz CT molecular complexity index is 989. The quantitative estimate of drug-likeness (QED) is 0.633. The van der Waals surface area contributed by atoms with E-state index in [4.69, 9.17) is 16.4 Å². The summed E-state index contributed by atoms with van der Waals surface area (Å²) in [5.41, 5.74) is -1.32. The van der Waals surface area contributed by atoms with Crippen LogP contribution in [0.15, 0.2) is 60.4 Å². The molecule has 1 atom stereocenters. The van der Waals surface area contributed by atoms with Crippen LogP contribution >= 0.6 is 11.6 Å². The first-order valence-corrected chi connectivity index (χ1v) is 8.16. The molecule has 1 unspecified atom stereocenters. The van der Waals surface area contributed by atoms with Crippen LogP contribution in [0.25, 0.3) is 5.69 Å². The fourth-order valence-corrected chi connectivity index (χ4v) is 3.03. The van der Waals surface area contributed by atoms with Crippen molar-refractivity contribution in [1.82, 2.24) is 19.7 Å². The number of hydrogen-bond acceptors (Lipinski definition) is 5. The van der Waals surface area contributed by atoms with Gasteiger partial charge in [-0.3, -0.25) is 0 Å². The van der Waals surface area contributed by atoms with Gasteiger partial charge in [0.15, 0.2) is 0 Å². The first kappa shape index (κ1) is 17.5. The number of hydrogen-bond donors (Lipinski definition) is 0. The summed E-state index contributed by atoms with van der Waals surface area (Å²) in [6.07, 6.45) is -1.05. The van der Waals surface area contributed by atoms with E-state index in [1.54, 1.807) is 24.3 Å². The van der Waals surface area contributed by atoms with Crippen LogP contribution in [0.1, 0.15) is 17.5 Å². The summed E-state index contributed by atoms with van der Waals surface area (Å²) in [4.78, 5) is 12.5. The molecule has 10 heteroatoms. The number of rotatable bonds is 3. The highest BCUT2D eigenvalue weighted by atomic mass is 35.5. The molecular weight excluding hydrogens is 383 g/mol. The Morgan fingerprint density at radius 1 is 1.15 bits per heavy atom. The molecule has 0 saturated carbocycles. The normalized spacial score (nSPS) is 19.6. The van der Waals surface area contributed by atoms with E-state index in [1.807, 2.05) is 0 Å². The molecule has 1 aliphatic heterocycles. The van der Waals surface area contributed by atoms with Gasteiger partial charge in [0.05, 0.1) is 11.4 Å². The molecule has 2 aromatic heterocycles. The van der Waals surface area contributed by atoms with Crippen LogP contribution in [0.2, 0.25) is 5.15 Å². The number of nitrogens with zero attached hydrogens (tertiary/aromatic N) is 5. The maximum absolute atomic E-state index is 13.9. The van der Waals surface area contributed by atoms with Gasteiger partial charge in [-0.25, -0.2) is 14.6 Å². The highest BCUT2D eigenvalue weighted by molar-refractivity contribution is 6.29. The van der Waals surface area contributed by atoms with Gasteiger partial charge in [0.1, 0.15) is 17.8 Å². The van der Waals surface area contributed by atoms with Crippen LogP contribution in [0.5, 0.6) is 0 Å². The minimum Gasteiger partial charge on any atom is -0.374 e. The molecule has 3 aromatic rings. The average molecular weight is 394 g/mol. The predicted molar refractivity (Wildman–Crippen MR) is 90.6 cm³/mol. The van der Waals surface area contributed by atoms with Crippen molar-refractivity contribution in [1.29, 1.82) is 0 Å². The Labute approximate surface area is 156 Å². The van der Waals surface area contributed by atoms with Crippen molar-refractivity contribution in [2.24, 2.45) is 5.16 Å². The summed E-state index contributed by atoms with van der Waals surface area (Å²) in [6.45, 7) is 0. The maximum atomic E-state index is 13.9. The molecule has 138 valence electrons. The van der Waals surface area contributed by atoms with E-state index in [1.165, 1.54) is 29.6 Å². The standard InChI is InChI=1S/C17H11ClF3N5O/c18-15-7-12(5-6-23-15)16(17(19,20)21)8-14(25-27-16)11-1-3-13(4-2-11)26-10-22-9-24-26/h1-7,9-10H,8H2. The molecule has 3 heterocycles. The SMILES string of the molecule is FC(F)(F)C1(c2ccnc(Cl)c2)CC(c2ccc(-n3cncn3)cc2)=NO1. The molecule has 4 rings (SSSR count). The third kappa shape index (κ3) is 3.03. The van der Waals surface area contributed by atoms with Crippen LogP contribution in [0.3, 0.4) is 0 Å². The van der Waals surface area contributed by atoms with Crippen LogP contribution < -0.4 is 0 Å². The van der Waals surface area contributed by atoms with E-state index in [-0.39, 0.29) is 16.4 Å². The van der Waals surface area contributed by atoms with Crippen LogP contribution in [0.4, 0.5) is 13.2 Å². The summed E-state index contributed by atoms with van der Waals surface area (Å²) in [5, 5.41) is 7.67. The molecule has 6 nitrogen and oxygen atoms in total.